The van der Waals surface area contributed by atoms with Gasteiger partial charge in [-0.1, -0.05) is 20.8 Å². The zero-order valence-corrected chi connectivity index (χ0v) is 11.6. The van der Waals surface area contributed by atoms with Crippen LogP contribution in [0.1, 0.15) is 31.1 Å². The van der Waals surface area contributed by atoms with Crippen LogP contribution in [0, 0.1) is 0 Å². The van der Waals surface area contributed by atoms with Crippen molar-refractivity contribution in [2.45, 2.75) is 38.9 Å². The molecule has 0 saturated carbocycles. The molecular formula is C12H19NO2Si. The lowest BCUT2D eigenvalue weighted by atomic mass is 10.2. The highest BCUT2D eigenvalue weighted by molar-refractivity contribution is 6.75. The smallest absolute Gasteiger partial charge is 0.326 e. The van der Waals surface area contributed by atoms with Gasteiger partial charge in [0.15, 0.2) is 0 Å². The third kappa shape index (κ3) is 2.92. The van der Waals surface area contributed by atoms with Crippen molar-refractivity contribution in [1.29, 1.82) is 0 Å². The second-order valence-corrected chi connectivity index (χ2v) is 10.1. The van der Waals surface area contributed by atoms with Crippen LogP contribution in [0.4, 0.5) is 0 Å². The molecule has 16 heavy (non-hydrogen) atoms. The van der Waals surface area contributed by atoms with E-state index in [1.165, 1.54) is 6.20 Å². The van der Waals surface area contributed by atoms with Gasteiger partial charge in [0.1, 0.15) is 0 Å². The van der Waals surface area contributed by atoms with Gasteiger partial charge in [0.05, 0.1) is 5.56 Å². The minimum atomic E-state index is -2.03. The summed E-state index contributed by atoms with van der Waals surface area (Å²) in [7, 11) is -2.03. The first-order chi connectivity index (χ1) is 7.24. The number of carbonyl (C=O) groups is 1. The quantitative estimate of drug-likeness (QED) is 0.741. The summed E-state index contributed by atoms with van der Waals surface area (Å²) in [5.41, 5.74) is 0.521. The molecule has 3 nitrogen and oxygen atoms in total. The topological polar surface area (TPSA) is 39.2 Å². The van der Waals surface area contributed by atoms with Gasteiger partial charge in [-0.25, -0.2) is 4.79 Å². The van der Waals surface area contributed by atoms with Crippen molar-refractivity contribution in [1.82, 2.24) is 4.98 Å². The van der Waals surface area contributed by atoms with E-state index < -0.39 is 8.32 Å². The zero-order chi connectivity index (χ0) is 12.4. The number of carbonyl (C=O) groups excluding carboxylic acids is 1. The van der Waals surface area contributed by atoms with Crippen LogP contribution in [-0.4, -0.2) is 19.3 Å². The summed E-state index contributed by atoms with van der Waals surface area (Å²) in [6.45, 7) is 10.4. The fourth-order valence-corrected chi connectivity index (χ4v) is 1.81. The number of hydrogen-bond donors (Lipinski definition) is 0. The van der Waals surface area contributed by atoms with Gasteiger partial charge in [-0.05, 0) is 30.3 Å². The van der Waals surface area contributed by atoms with Crippen LogP contribution in [0.2, 0.25) is 18.1 Å². The van der Waals surface area contributed by atoms with Crippen LogP contribution in [-0.2, 0) is 4.43 Å². The molecule has 0 fully saturated rings. The summed E-state index contributed by atoms with van der Waals surface area (Å²) in [5.74, 6) is -0.264. The molecule has 0 unspecified atom stereocenters. The largest absolute Gasteiger partial charge is 0.516 e. The Bertz CT molecular complexity index is 368. The number of rotatable bonds is 2. The Balaban J connectivity index is 2.80. The fourth-order valence-electron chi connectivity index (χ4n) is 0.927. The van der Waals surface area contributed by atoms with Gasteiger partial charge in [-0.3, -0.25) is 4.98 Å². The normalized spacial score (nSPS) is 12.3. The van der Waals surface area contributed by atoms with Crippen molar-refractivity contribution < 1.29 is 9.22 Å². The van der Waals surface area contributed by atoms with Gasteiger partial charge in [-0.15, -0.1) is 0 Å². The Morgan fingerprint density at radius 3 is 2.44 bits per heavy atom. The molecule has 0 N–H and O–H groups in total. The van der Waals surface area contributed by atoms with Crippen LogP contribution in [0.3, 0.4) is 0 Å². The zero-order valence-electron chi connectivity index (χ0n) is 10.6. The molecule has 1 aromatic rings. The molecule has 0 atom stereocenters. The summed E-state index contributed by atoms with van der Waals surface area (Å²) < 4.78 is 5.65. The van der Waals surface area contributed by atoms with E-state index in [1.54, 1.807) is 18.3 Å². The van der Waals surface area contributed by atoms with Crippen molar-refractivity contribution in [3.05, 3.63) is 30.1 Å². The van der Waals surface area contributed by atoms with Gasteiger partial charge < -0.3 is 4.43 Å². The Kier molecular flexibility index (Phi) is 3.53. The third-order valence-electron chi connectivity index (χ3n) is 3.05. The Labute approximate surface area is 98.0 Å². The molecule has 0 aliphatic rings. The summed E-state index contributed by atoms with van der Waals surface area (Å²) >= 11 is 0. The lowest BCUT2D eigenvalue weighted by Gasteiger charge is -2.35. The van der Waals surface area contributed by atoms with Gasteiger partial charge in [-0.2, -0.15) is 0 Å². The second kappa shape index (κ2) is 4.37. The van der Waals surface area contributed by atoms with Crippen molar-refractivity contribution in [3.8, 4) is 0 Å². The molecule has 0 spiro atoms. The fraction of sp³-hybridized carbons (Fsp3) is 0.500. The highest BCUT2D eigenvalue weighted by atomic mass is 28.4. The van der Waals surface area contributed by atoms with Gasteiger partial charge in [0.2, 0.25) is 0 Å². The van der Waals surface area contributed by atoms with Crippen LogP contribution >= 0.6 is 0 Å². The van der Waals surface area contributed by atoms with Crippen molar-refractivity contribution in [3.63, 3.8) is 0 Å². The highest BCUT2D eigenvalue weighted by Gasteiger charge is 2.40. The predicted molar refractivity (Wildman–Crippen MR) is 66.8 cm³/mol. The molecule has 1 aromatic heterocycles. The lowest BCUT2D eigenvalue weighted by Crippen LogP contribution is -2.42. The summed E-state index contributed by atoms with van der Waals surface area (Å²) in [4.78, 5) is 15.8. The predicted octanol–water partition coefficient (Wildman–Crippen LogP) is 3.24. The molecule has 0 bridgehead atoms. The maximum absolute atomic E-state index is 11.9. The average molecular weight is 237 g/mol. The molecule has 0 radical (unpaired) electrons. The van der Waals surface area contributed by atoms with E-state index in [-0.39, 0.29) is 11.0 Å². The molecular weight excluding hydrogens is 218 g/mol. The number of aromatic nitrogens is 1. The molecule has 0 saturated heterocycles. The van der Waals surface area contributed by atoms with E-state index in [4.69, 9.17) is 4.43 Å². The van der Waals surface area contributed by atoms with Crippen LogP contribution in [0.5, 0.6) is 0 Å². The first kappa shape index (κ1) is 12.9. The molecule has 0 aliphatic heterocycles. The van der Waals surface area contributed by atoms with Gasteiger partial charge in [0, 0.05) is 12.4 Å². The van der Waals surface area contributed by atoms with Crippen LogP contribution < -0.4 is 0 Å². The SMILES string of the molecule is CC(C)(C)[Si](C)(C)OC(=O)c1cccnc1. The average Bonchev–Trinajstić information content (AvgIpc) is 2.16. The number of pyridine rings is 1. The van der Waals surface area contributed by atoms with E-state index in [0.717, 1.165) is 0 Å². The molecule has 88 valence electrons. The monoisotopic (exact) mass is 237 g/mol. The summed E-state index contributed by atoms with van der Waals surface area (Å²) in [6.07, 6.45) is 3.18. The minimum absolute atomic E-state index is 0.0326. The van der Waals surface area contributed by atoms with E-state index >= 15 is 0 Å². The maximum Gasteiger partial charge on any atom is 0.326 e. The molecule has 1 rings (SSSR count). The Hall–Kier alpha value is -1.16. The van der Waals surface area contributed by atoms with E-state index in [1.807, 2.05) is 0 Å². The molecule has 4 heteroatoms. The van der Waals surface area contributed by atoms with E-state index in [9.17, 15) is 4.79 Å². The highest BCUT2D eigenvalue weighted by Crippen LogP contribution is 2.36. The van der Waals surface area contributed by atoms with Crippen molar-refractivity contribution >= 4 is 14.3 Å². The first-order valence-electron chi connectivity index (χ1n) is 5.37. The van der Waals surface area contributed by atoms with Gasteiger partial charge in [0.25, 0.3) is 8.32 Å². The number of hydrogen-bond acceptors (Lipinski definition) is 3. The molecule has 1 heterocycles. The van der Waals surface area contributed by atoms with Crippen molar-refractivity contribution in [2.24, 2.45) is 0 Å². The minimum Gasteiger partial charge on any atom is -0.516 e. The van der Waals surface area contributed by atoms with E-state index in [0.29, 0.717) is 5.56 Å². The summed E-state index contributed by atoms with van der Waals surface area (Å²) in [6, 6.07) is 3.46. The van der Waals surface area contributed by atoms with Crippen LogP contribution in [0.25, 0.3) is 0 Å². The summed E-state index contributed by atoms with van der Waals surface area (Å²) in [5, 5.41) is 0.0326. The first-order valence-corrected chi connectivity index (χ1v) is 8.28. The third-order valence-corrected chi connectivity index (χ3v) is 7.36. The maximum atomic E-state index is 11.9. The Morgan fingerprint density at radius 1 is 1.38 bits per heavy atom. The molecule has 0 amide bonds. The van der Waals surface area contributed by atoms with Crippen LogP contribution in [0.15, 0.2) is 24.5 Å². The van der Waals surface area contributed by atoms with Crippen molar-refractivity contribution in [2.75, 3.05) is 0 Å². The molecule has 0 aliphatic carbocycles. The standard InChI is InChI=1S/C12H19NO2Si/c1-12(2,3)16(4,5)15-11(14)10-7-6-8-13-9-10/h6-9H,1-5H3. The number of nitrogens with zero attached hydrogens (tertiary/aromatic N) is 1. The van der Waals surface area contributed by atoms with Gasteiger partial charge >= 0.3 is 5.97 Å². The lowest BCUT2D eigenvalue weighted by molar-refractivity contribution is 0.0712. The second-order valence-electron chi connectivity index (χ2n) is 5.39. The van der Waals surface area contributed by atoms with E-state index in [2.05, 4.69) is 38.8 Å². The molecule has 0 aromatic carbocycles. The Morgan fingerprint density at radius 2 is 2.00 bits per heavy atom.